The first-order chi connectivity index (χ1) is 14.2. The smallest absolute Gasteiger partial charge is 0.418 e. The van der Waals surface area contributed by atoms with Crippen LogP contribution < -0.4 is 4.90 Å². The molecule has 0 spiro atoms. The second-order valence-electron chi connectivity index (χ2n) is 7.45. The minimum Gasteiger partial charge on any atom is -0.439 e. The normalized spacial score (nSPS) is 16.9. The summed E-state index contributed by atoms with van der Waals surface area (Å²) in [6, 6.07) is 3.85. The zero-order valence-electron chi connectivity index (χ0n) is 16.6. The van der Waals surface area contributed by atoms with Crippen molar-refractivity contribution in [2.24, 2.45) is 0 Å². The molecule has 10 heteroatoms. The number of rotatable bonds is 4. The van der Waals surface area contributed by atoms with Gasteiger partial charge in [-0.15, -0.1) is 0 Å². The van der Waals surface area contributed by atoms with E-state index in [4.69, 9.17) is 4.42 Å². The first kappa shape index (κ1) is 20.5. The van der Waals surface area contributed by atoms with Crippen LogP contribution in [0, 0.1) is 13.8 Å². The molecule has 1 aliphatic rings. The van der Waals surface area contributed by atoms with E-state index in [0.717, 1.165) is 43.3 Å². The van der Waals surface area contributed by atoms with Crippen LogP contribution in [-0.4, -0.2) is 57.3 Å². The molecule has 4 rings (SSSR count). The van der Waals surface area contributed by atoms with Gasteiger partial charge in [-0.3, -0.25) is 4.90 Å². The molecule has 0 bridgehead atoms. The lowest BCUT2D eigenvalue weighted by atomic mass is 10.1. The number of alkyl halides is 3. The second kappa shape index (κ2) is 7.84. The van der Waals surface area contributed by atoms with Gasteiger partial charge in [-0.2, -0.15) is 13.2 Å². The Hall–Kier alpha value is -2.72. The van der Waals surface area contributed by atoms with Crippen LogP contribution in [-0.2, 0) is 6.54 Å². The van der Waals surface area contributed by atoms with E-state index in [2.05, 4.69) is 24.8 Å². The molecule has 1 aromatic carbocycles. The lowest BCUT2D eigenvalue weighted by Gasteiger charge is -2.35. The van der Waals surface area contributed by atoms with Crippen molar-refractivity contribution in [3.63, 3.8) is 0 Å². The number of anilines is 1. The minimum atomic E-state index is -4.73. The van der Waals surface area contributed by atoms with E-state index >= 15 is 0 Å². The zero-order valence-corrected chi connectivity index (χ0v) is 16.6. The molecule has 3 aromatic rings. The average molecular weight is 421 g/mol. The predicted molar refractivity (Wildman–Crippen MR) is 104 cm³/mol. The lowest BCUT2D eigenvalue weighted by Crippen LogP contribution is -2.46. The molecule has 1 N–H and O–H groups in total. The monoisotopic (exact) mass is 421 g/mol. The Kier molecular flexibility index (Phi) is 5.37. The van der Waals surface area contributed by atoms with Gasteiger partial charge in [0, 0.05) is 37.4 Å². The van der Waals surface area contributed by atoms with Gasteiger partial charge in [0.25, 0.3) is 0 Å². The molecule has 7 nitrogen and oxygen atoms in total. The maximum atomic E-state index is 12.7. The molecule has 0 radical (unpaired) electrons. The Labute approximate surface area is 171 Å². The van der Waals surface area contributed by atoms with Crippen LogP contribution in [0.25, 0.3) is 11.1 Å². The maximum Gasteiger partial charge on any atom is 0.418 e. The van der Waals surface area contributed by atoms with E-state index < -0.39 is 12.3 Å². The number of halogens is 3. The van der Waals surface area contributed by atoms with Crippen molar-refractivity contribution in [1.82, 2.24) is 19.9 Å². The van der Waals surface area contributed by atoms with Gasteiger partial charge in [-0.1, -0.05) is 6.07 Å². The van der Waals surface area contributed by atoms with E-state index in [1.165, 1.54) is 18.2 Å². The molecular formula is C20H22F3N5O2. The first-order valence-electron chi connectivity index (χ1n) is 9.62. The van der Waals surface area contributed by atoms with E-state index in [9.17, 15) is 18.3 Å². The maximum absolute atomic E-state index is 12.7. The number of aromatic nitrogens is 3. The third-order valence-corrected chi connectivity index (χ3v) is 5.42. The van der Waals surface area contributed by atoms with Crippen LogP contribution in [0.15, 0.2) is 28.9 Å². The summed E-state index contributed by atoms with van der Waals surface area (Å²) in [5.74, 6) is 1.38. The molecule has 1 unspecified atom stereocenters. The van der Waals surface area contributed by atoms with Gasteiger partial charge < -0.3 is 14.4 Å². The molecule has 0 aliphatic carbocycles. The molecule has 1 aliphatic heterocycles. The van der Waals surface area contributed by atoms with Crippen LogP contribution in [0.4, 0.5) is 19.0 Å². The molecule has 3 heterocycles. The number of nitrogens with zero attached hydrogens (tertiary/aromatic N) is 5. The number of fused-ring (bicyclic) bond motifs is 1. The largest absolute Gasteiger partial charge is 0.439 e. The fourth-order valence-electron chi connectivity index (χ4n) is 3.57. The third-order valence-electron chi connectivity index (χ3n) is 5.42. The van der Waals surface area contributed by atoms with E-state index in [0.29, 0.717) is 18.0 Å². The number of piperazine rings is 1. The highest BCUT2D eigenvalue weighted by atomic mass is 19.4. The Morgan fingerprint density at radius 1 is 1.13 bits per heavy atom. The summed E-state index contributed by atoms with van der Waals surface area (Å²) in [5, 5.41) is 9.43. The van der Waals surface area contributed by atoms with Crippen LogP contribution in [0.5, 0.6) is 0 Å². The van der Waals surface area contributed by atoms with E-state index in [1.54, 1.807) is 6.33 Å². The Morgan fingerprint density at radius 2 is 1.87 bits per heavy atom. The van der Waals surface area contributed by atoms with Gasteiger partial charge in [-0.05, 0) is 31.5 Å². The third kappa shape index (κ3) is 4.10. The Bertz CT molecular complexity index is 1040. The second-order valence-corrected chi connectivity index (χ2v) is 7.45. The van der Waals surface area contributed by atoms with Crippen LogP contribution in [0.3, 0.4) is 0 Å². The Morgan fingerprint density at radius 3 is 2.57 bits per heavy atom. The van der Waals surface area contributed by atoms with Crippen molar-refractivity contribution in [1.29, 1.82) is 0 Å². The molecule has 160 valence electrons. The summed E-state index contributed by atoms with van der Waals surface area (Å²) in [6.07, 6.45) is -5.69. The molecule has 1 saturated heterocycles. The van der Waals surface area contributed by atoms with Crippen molar-refractivity contribution >= 4 is 16.9 Å². The van der Waals surface area contributed by atoms with Crippen LogP contribution in [0.2, 0.25) is 0 Å². The quantitative estimate of drug-likeness (QED) is 0.693. The van der Waals surface area contributed by atoms with Crippen molar-refractivity contribution < 1.29 is 22.7 Å². The molecule has 0 amide bonds. The standard InChI is InChI=1S/C20H22F3N5O2/c1-12-13(2)24-11-25-19(12)28-7-5-27(6-8-28)10-17-26-15-4-3-14(9-16(15)30-17)18(29)20(21,22)23/h3-4,9,11,18,29H,5-8,10H2,1-2H3. The van der Waals surface area contributed by atoms with E-state index in [-0.39, 0.29) is 11.1 Å². The zero-order chi connectivity index (χ0) is 21.5. The van der Waals surface area contributed by atoms with Gasteiger partial charge in [0.05, 0.1) is 6.54 Å². The summed E-state index contributed by atoms with van der Waals surface area (Å²) < 4.78 is 43.9. The van der Waals surface area contributed by atoms with Gasteiger partial charge in [0.15, 0.2) is 11.7 Å². The summed E-state index contributed by atoms with van der Waals surface area (Å²) in [4.78, 5) is 17.4. The summed E-state index contributed by atoms with van der Waals surface area (Å²) in [5.41, 5.74) is 2.47. The van der Waals surface area contributed by atoms with Gasteiger partial charge in [0.2, 0.25) is 5.89 Å². The predicted octanol–water partition coefficient (Wildman–Crippen LogP) is 3.15. The highest BCUT2D eigenvalue weighted by Gasteiger charge is 2.39. The van der Waals surface area contributed by atoms with Crippen molar-refractivity contribution in [3.05, 3.63) is 47.2 Å². The van der Waals surface area contributed by atoms with Crippen LogP contribution in [0.1, 0.15) is 28.8 Å². The molecular weight excluding hydrogens is 399 g/mol. The highest BCUT2D eigenvalue weighted by Crippen LogP contribution is 2.33. The summed E-state index contributed by atoms with van der Waals surface area (Å²) in [6.45, 7) is 7.57. The number of aliphatic hydroxyl groups is 1. The summed E-state index contributed by atoms with van der Waals surface area (Å²) in [7, 11) is 0. The fourth-order valence-corrected chi connectivity index (χ4v) is 3.57. The van der Waals surface area contributed by atoms with E-state index in [1.807, 2.05) is 13.8 Å². The van der Waals surface area contributed by atoms with Gasteiger partial charge in [0.1, 0.15) is 17.7 Å². The molecule has 1 fully saturated rings. The SMILES string of the molecule is Cc1ncnc(N2CCN(Cc3nc4ccc(C(O)C(F)(F)F)cc4o3)CC2)c1C. The van der Waals surface area contributed by atoms with Crippen molar-refractivity contribution in [2.45, 2.75) is 32.7 Å². The fraction of sp³-hybridized carbons (Fsp3) is 0.450. The number of aliphatic hydroxyl groups excluding tert-OH is 1. The number of benzene rings is 1. The number of hydrogen-bond acceptors (Lipinski definition) is 7. The van der Waals surface area contributed by atoms with Crippen LogP contribution >= 0.6 is 0 Å². The lowest BCUT2D eigenvalue weighted by molar-refractivity contribution is -0.206. The van der Waals surface area contributed by atoms with Crippen molar-refractivity contribution in [2.75, 3.05) is 31.1 Å². The molecule has 30 heavy (non-hydrogen) atoms. The topological polar surface area (TPSA) is 78.5 Å². The van der Waals surface area contributed by atoms with Gasteiger partial charge >= 0.3 is 6.18 Å². The molecule has 2 aromatic heterocycles. The number of aryl methyl sites for hydroxylation is 1. The van der Waals surface area contributed by atoms with Gasteiger partial charge in [-0.25, -0.2) is 15.0 Å². The highest BCUT2D eigenvalue weighted by molar-refractivity contribution is 5.73. The first-order valence-corrected chi connectivity index (χ1v) is 9.62. The number of hydrogen-bond donors (Lipinski definition) is 1. The molecule has 1 atom stereocenters. The number of oxazole rings is 1. The Balaban J connectivity index is 1.42. The molecule has 0 saturated carbocycles. The van der Waals surface area contributed by atoms with Crippen molar-refractivity contribution in [3.8, 4) is 0 Å². The minimum absolute atomic E-state index is 0.233. The average Bonchev–Trinajstić information content (AvgIpc) is 3.11. The summed E-state index contributed by atoms with van der Waals surface area (Å²) >= 11 is 0.